The lowest BCUT2D eigenvalue weighted by Gasteiger charge is -2.08. The number of nitrogens with one attached hydrogen (secondary N) is 2. The van der Waals surface area contributed by atoms with Gasteiger partial charge in [-0.25, -0.2) is 18.1 Å². The number of carbonyl (C=O) groups is 1. The third-order valence-electron chi connectivity index (χ3n) is 1.88. The molecule has 7 nitrogen and oxygen atoms in total. The second kappa shape index (κ2) is 5.61. The van der Waals surface area contributed by atoms with Crippen molar-refractivity contribution in [1.29, 1.82) is 0 Å². The Morgan fingerprint density at radius 3 is 2.82 bits per heavy atom. The van der Waals surface area contributed by atoms with Crippen molar-refractivity contribution < 1.29 is 17.9 Å². The second-order valence-electron chi connectivity index (χ2n) is 3.18. The Kier molecular flexibility index (Phi) is 4.66. The predicted octanol–water partition coefficient (Wildman–Crippen LogP) is -0.0671. The SMILES string of the molecule is COC(=O)C(Br)CNS(=O)(=O)c1cnc(C)[nH]1. The second-order valence-corrected chi connectivity index (χ2v) is 6.02. The van der Waals surface area contributed by atoms with Gasteiger partial charge in [0.15, 0.2) is 5.03 Å². The van der Waals surface area contributed by atoms with Crippen molar-refractivity contribution in [3.05, 3.63) is 12.0 Å². The Morgan fingerprint density at radius 2 is 2.35 bits per heavy atom. The van der Waals surface area contributed by atoms with Crippen molar-refractivity contribution in [3.63, 3.8) is 0 Å². The molecular weight excluding hydrogens is 314 g/mol. The smallest absolute Gasteiger partial charge is 0.320 e. The van der Waals surface area contributed by atoms with Crippen LogP contribution in [0, 0.1) is 6.92 Å². The molecule has 1 heterocycles. The van der Waals surface area contributed by atoms with E-state index < -0.39 is 20.8 Å². The van der Waals surface area contributed by atoms with Crippen LogP contribution in [0.25, 0.3) is 0 Å². The number of hydrogen-bond acceptors (Lipinski definition) is 5. The monoisotopic (exact) mass is 325 g/mol. The summed E-state index contributed by atoms with van der Waals surface area (Å²) >= 11 is 3.01. The number of alkyl halides is 1. The van der Waals surface area contributed by atoms with Gasteiger partial charge < -0.3 is 9.72 Å². The average Bonchev–Trinajstić information content (AvgIpc) is 2.72. The van der Waals surface area contributed by atoms with Gasteiger partial charge in [0.05, 0.1) is 13.3 Å². The first-order valence-corrected chi connectivity index (χ1v) is 7.00. The molecule has 1 aromatic rings. The number of ether oxygens (including phenoxy) is 1. The average molecular weight is 326 g/mol. The van der Waals surface area contributed by atoms with Crippen molar-refractivity contribution in [2.24, 2.45) is 0 Å². The summed E-state index contributed by atoms with van der Waals surface area (Å²) in [5, 5.41) is -0.0421. The predicted molar refractivity (Wildman–Crippen MR) is 63.2 cm³/mol. The number of esters is 1. The maximum Gasteiger partial charge on any atom is 0.320 e. The first-order chi connectivity index (χ1) is 7.86. The highest BCUT2D eigenvalue weighted by Gasteiger charge is 2.21. The van der Waals surface area contributed by atoms with Gasteiger partial charge >= 0.3 is 5.97 Å². The minimum absolute atomic E-state index is 0.0421. The Labute approximate surface area is 107 Å². The van der Waals surface area contributed by atoms with Crippen LogP contribution >= 0.6 is 15.9 Å². The topological polar surface area (TPSA) is 101 Å². The molecule has 2 N–H and O–H groups in total. The molecule has 0 fully saturated rings. The van der Waals surface area contributed by atoms with Crippen LogP contribution in [-0.2, 0) is 19.6 Å². The van der Waals surface area contributed by atoms with E-state index in [0.717, 1.165) is 0 Å². The van der Waals surface area contributed by atoms with E-state index >= 15 is 0 Å². The number of methoxy groups -OCH3 is 1. The zero-order chi connectivity index (χ0) is 13.1. The fourth-order valence-corrected chi connectivity index (χ4v) is 2.58. The highest BCUT2D eigenvalue weighted by atomic mass is 79.9. The van der Waals surface area contributed by atoms with Crippen molar-refractivity contribution in [2.45, 2.75) is 16.8 Å². The summed E-state index contributed by atoms with van der Waals surface area (Å²) in [6.07, 6.45) is 1.21. The molecule has 9 heteroatoms. The normalized spacial score (nSPS) is 13.4. The molecule has 0 saturated heterocycles. The summed E-state index contributed by atoms with van der Waals surface area (Å²) in [6, 6.07) is 0. The van der Waals surface area contributed by atoms with Crippen LogP contribution in [0.3, 0.4) is 0 Å². The van der Waals surface area contributed by atoms with Crippen LogP contribution in [0.15, 0.2) is 11.2 Å². The first kappa shape index (κ1) is 14.1. The molecule has 1 aromatic heterocycles. The van der Waals surface area contributed by atoms with Gasteiger partial charge in [-0.2, -0.15) is 0 Å². The molecule has 0 bridgehead atoms. The Morgan fingerprint density at radius 1 is 1.71 bits per heavy atom. The standard InChI is InChI=1S/C8H12BrN3O4S/c1-5-10-4-7(12-5)17(14,15)11-3-6(9)8(13)16-2/h4,6,11H,3H2,1-2H3,(H,10,12). The number of sulfonamides is 1. The summed E-state index contributed by atoms with van der Waals surface area (Å²) in [4.78, 5) is 16.7. The summed E-state index contributed by atoms with van der Waals surface area (Å²) in [7, 11) is -2.46. The van der Waals surface area contributed by atoms with E-state index in [1.807, 2.05) is 0 Å². The molecule has 1 atom stereocenters. The van der Waals surface area contributed by atoms with Crippen molar-refractivity contribution >= 4 is 31.9 Å². The number of imidazole rings is 1. The van der Waals surface area contributed by atoms with E-state index in [-0.39, 0.29) is 11.6 Å². The van der Waals surface area contributed by atoms with Crippen LogP contribution in [-0.4, -0.2) is 42.8 Å². The molecule has 17 heavy (non-hydrogen) atoms. The molecule has 0 aliphatic heterocycles. The van der Waals surface area contributed by atoms with Gasteiger partial charge in [0.2, 0.25) is 0 Å². The number of rotatable bonds is 5. The molecule has 96 valence electrons. The van der Waals surface area contributed by atoms with Crippen LogP contribution in [0.2, 0.25) is 0 Å². The van der Waals surface area contributed by atoms with Gasteiger partial charge in [-0.15, -0.1) is 0 Å². The van der Waals surface area contributed by atoms with E-state index in [2.05, 4.69) is 35.4 Å². The lowest BCUT2D eigenvalue weighted by Crippen LogP contribution is -2.34. The Balaban J connectivity index is 2.66. The lowest BCUT2D eigenvalue weighted by molar-refractivity contribution is -0.139. The molecule has 0 spiro atoms. The van der Waals surface area contributed by atoms with E-state index in [0.29, 0.717) is 5.82 Å². The van der Waals surface area contributed by atoms with Crippen molar-refractivity contribution in [3.8, 4) is 0 Å². The summed E-state index contributed by atoms with van der Waals surface area (Å²) < 4.78 is 30.1. The molecule has 0 amide bonds. The quantitative estimate of drug-likeness (QED) is 0.583. The fourth-order valence-electron chi connectivity index (χ4n) is 1.01. The number of carbonyl (C=O) groups excluding carboxylic acids is 1. The van der Waals surface area contributed by atoms with E-state index in [1.54, 1.807) is 6.92 Å². The van der Waals surface area contributed by atoms with E-state index in [9.17, 15) is 13.2 Å². The number of hydrogen-bond donors (Lipinski definition) is 2. The van der Waals surface area contributed by atoms with Gasteiger partial charge in [0.1, 0.15) is 10.7 Å². The number of aromatic amines is 1. The van der Waals surface area contributed by atoms with Gasteiger partial charge in [-0.1, -0.05) is 15.9 Å². The van der Waals surface area contributed by atoms with E-state index in [4.69, 9.17) is 0 Å². The molecule has 0 radical (unpaired) electrons. The number of H-pyrrole nitrogens is 1. The van der Waals surface area contributed by atoms with Crippen LogP contribution in [0.1, 0.15) is 5.82 Å². The molecular formula is C8H12BrN3O4S. The summed E-state index contributed by atoms with van der Waals surface area (Å²) in [5.74, 6) is -0.0535. The highest BCUT2D eigenvalue weighted by Crippen LogP contribution is 2.06. The number of halogens is 1. The Hall–Kier alpha value is -0.930. The molecule has 1 rings (SSSR count). The van der Waals surface area contributed by atoms with Crippen LogP contribution < -0.4 is 4.72 Å². The fraction of sp³-hybridized carbons (Fsp3) is 0.500. The number of aromatic nitrogens is 2. The van der Waals surface area contributed by atoms with Crippen LogP contribution in [0.4, 0.5) is 0 Å². The highest BCUT2D eigenvalue weighted by molar-refractivity contribution is 9.10. The molecule has 0 saturated carbocycles. The van der Waals surface area contributed by atoms with Gasteiger partial charge in [-0.3, -0.25) is 4.79 Å². The molecule has 0 aliphatic rings. The first-order valence-electron chi connectivity index (χ1n) is 4.60. The molecule has 0 aliphatic carbocycles. The summed E-state index contributed by atoms with van der Waals surface area (Å²) in [6.45, 7) is 1.54. The zero-order valence-electron chi connectivity index (χ0n) is 9.23. The van der Waals surface area contributed by atoms with Gasteiger partial charge in [-0.05, 0) is 6.92 Å². The zero-order valence-corrected chi connectivity index (χ0v) is 11.6. The Bertz CT molecular complexity index is 499. The maximum atomic E-state index is 11.7. The summed E-state index contributed by atoms with van der Waals surface area (Å²) in [5.41, 5.74) is 0. The largest absolute Gasteiger partial charge is 0.468 e. The van der Waals surface area contributed by atoms with Crippen LogP contribution in [0.5, 0.6) is 0 Å². The number of nitrogens with zero attached hydrogens (tertiary/aromatic N) is 1. The third kappa shape index (κ3) is 3.79. The number of aryl methyl sites for hydroxylation is 1. The maximum absolute atomic E-state index is 11.7. The lowest BCUT2D eigenvalue weighted by atomic mass is 10.4. The van der Waals surface area contributed by atoms with Gasteiger partial charge in [0.25, 0.3) is 10.0 Å². The van der Waals surface area contributed by atoms with Crippen molar-refractivity contribution in [2.75, 3.05) is 13.7 Å². The van der Waals surface area contributed by atoms with Gasteiger partial charge in [0, 0.05) is 6.54 Å². The molecule has 0 aromatic carbocycles. The third-order valence-corrected chi connectivity index (χ3v) is 3.91. The minimum Gasteiger partial charge on any atom is -0.468 e. The van der Waals surface area contributed by atoms with Crippen molar-refractivity contribution in [1.82, 2.24) is 14.7 Å². The molecule has 1 unspecified atom stereocenters. The minimum atomic E-state index is -3.68. The van der Waals surface area contributed by atoms with E-state index in [1.165, 1.54) is 13.3 Å².